The topological polar surface area (TPSA) is 69.1 Å². The molecule has 1 aromatic rings. The molecule has 2 unspecified atom stereocenters. The summed E-state index contributed by atoms with van der Waals surface area (Å²) in [5.74, 6) is 0.418. The zero-order valence-electron chi connectivity index (χ0n) is 13.8. The van der Waals surface area contributed by atoms with E-state index in [1.807, 2.05) is 31.2 Å². The van der Waals surface area contributed by atoms with Gasteiger partial charge in [0.15, 0.2) is 6.04 Å². The molecule has 1 heterocycles. The molecule has 1 amide bonds. The van der Waals surface area contributed by atoms with E-state index in [0.29, 0.717) is 26.3 Å². The number of hydrogen-bond acceptors (Lipinski definition) is 4. The van der Waals surface area contributed by atoms with Crippen molar-refractivity contribution in [2.75, 3.05) is 26.3 Å². The van der Waals surface area contributed by atoms with Gasteiger partial charge in [0.25, 0.3) is 5.91 Å². The summed E-state index contributed by atoms with van der Waals surface area (Å²) in [4.78, 5) is 25.0. The van der Waals surface area contributed by atoms with E-state index in [1.54, 1.807) is 6.92 Å². The van der Waals surface area contributed by atoms with Crippen molar-refractivity contribution in [1.29, 1.82) is 0 Å². The Balaban J connectivity index is 2.12. The number of rotatable bonds is 7. The lowest BCUT2D eigenvalue weighted by Crippen LogP contribution is -3.18. The smallest absolute Gasteiger partial charge is 0.312 e. The summed E-state index contributed by atoms with van der Waals surface area (Å²) >= 11 is 0. The fourth-order valence-electron chi connectivity index (χ4n) is 2.86. The third-order valence-electron chi connectivity index (χ3n) is 3.92. The lowest BCUT2D eigenvalue weighted by molar-refractivity contribution is -0.930. The number of quaternary nitrogens is 1. The Labute approximate surface area is 136 Å². The van der Waals surface area contributed by atoms with Gasteiger partial charge in [-0.25, -0.2) is 0 Å². The first-order chi connectivity index (χ1) is 11.2. The standard InChI is InChI=1S/C17H24N2O4/c1-3-22-15-8-6-5-7-13(15)12-19-10-9-18-17(21)14(19)11-16(20)23-4-2/h5-8,14H,3-4,9-12H2,1-2H3,(H,18,21)/p+1. The van der Waals surface area contributed by atoms with Gasteiger partial charge >= 0.3 is 5.97 Å². The van der Waals surface area contributed by atoms with Gasteiger partial charge in [-0.05, 0) is 26.0 Å². The van der Waals surface area contributed by atoms with Gasteiger partial charge in [0.2, 0.25) is 0 Å². The Morgan fingerprint density at radius 3 is 2.83 bits per heavy atom. The lowest BCUT2D eigenvalue weighted by Gasteiger charge is -2.31. The number of benzene rings is 1. The minimum Gasteiger partial charge on any atom is -0.493 e. The fraction of sp³-hybridized carbons (Fsp3) is 0.529. The van der Waals surface area contributed by atoms with Crippen molar-refractivity contribution in [2.24, 2.45) is 0 Å². The molecule has 2 atom stereocenters. The van der Waals surface area contributed by atoms with Crippen molar-refractivity contribution in [1.82, 2.24) is 5.32 Å². The van der Waals surface area contributed by atoms with E-state index < -0.39 is 6.04 Å². The van der Waals surface area contributed by atoms with Gasteiger partial charge in [0, 0.05) is 5.56 Å². The van der Waals surface area contributed by atoms with Crippen molar-refractivity contribution < 1.29 is 24.0 Å². The number of esters is 1. The van der Waals surface area contributed by atoms with Crippen LogP contribution in [0.25, 0.3) is 0 Å². The van der Waals surface area contributed by atoms with Crippen LogP contribution in [0.5, 0.6) is 5.75 Å². The minimum absolute atomic E-state index is 0.0896. The van der Waals surface area contributed by atoms with Crippen LogP contribution >= 0.6 is 0 Å². The number of ether oxygens (including phenoxy) is 2. The summed E-state index contributed by atoms with van der Waals surface area (Å²) in [6.45, 7) is 6.67. The maximum Gasteiger partial charge on any atom is 0.312 e. The molecule has 0 radical (unpaired) electrons. The SMILES string of the molecule is CCOC(=O)CC1C(=O)NCC[NH+]1Cc1ccccc1OCC. The predicted molar refractivity (Wildman–Crippen MR) is 85.2 cm³/mol. The molecule has 0 aliphatic carbocycles. The molecule has 1 saturated heterocycles. The first-order valence-electron chi connectivity index (χ1n) is 8.14. The molecule has 0 saturated carbocycles. The van der Waals surface area contributed by atoms with Gasteiger partial charge in [-0.2, -0.15) is 0 Å². The third-order valence-corrected chi connectivity index (χ3v) is 3.92. The Hall–Kier alpha value is -2.08. The first kappa shape index (κ1) is 17.3. The van der Waals surface area contributed by atoms with Crippen LogP contribution in [-0.4, -0.2) is 44.2 Å². The molecule has 1 aliphatic heterocycles. The highest BCUT2D eigenvalue weighted by molar-refractivity contribution is 5.85. The quantitative estimate of drug-likeness (QED) is 0.690. The number of hydrogen-bond donors (Lipinski definition) is 2. The molecule has 6 nitrogen and oxygen atoms in total. The Kier molecular flexibility index (Phi) is 6.40. The average molecular weight is 321 g/mol. The molecule has 6 heteroatoms. The Morgan fingerprint density at radius 1 is 1.30 bits per heavy atom. The molecule has 1 aromatic carbocycles. The number of amides is 1. The van der Waals surface area contributed by atoms with Crippen molar-refractivity contribution in [2.45, 2.75) is 32.9 Å². The van der Waals surface area contributed by atoms with E-state index in [4.69, 9.17) is 9.47 Å². The monoisotopic (exact) mass is 321 g/mol. The minimum atomic E-state index is -0.419. The van der Waals surface area contributed by atoms with Gasteiger partial charge in [-0.1, -0.05) is 12.1 Å². The molecule has 1 aliphatic rings. The third kappa shape index (κ3) is 4.69. The number of piperazine rings is 1. The molecule has 1 fully saturated rings. The van der Waals surface area contributed by atoms with Gasteiger partial charge < -0.3 is 19.7 Å². The highest BCUT2D eigenvalue weighted by atomic mass is 16.5. The molecule has 0 spiro atoms. The van der Waals surface area contributed by atoms with Crippen LogP contribution in [0.15, 0.2) is 24.3 Å². The highest BCUT2D eigenvalue weighted by Crippen LogP contribution is 2.17. The average Bonchev–Trinajstić information content (AvgIpc) is 2.53. The van der Waals surface area contributed by atoms with Crippen molar-refractivity contribution in [3.05, 3.63) is 29.8 Å². The molecule has 0 bridgehead atoms. The van der Waals surface area contributed by atoms with Crippen LogP contribution in [-0.2, 0) is 20.9 Å². The van der Waals surface area contributed by atoms with Gasteiger partial charge in [0.1, 0.15) is 18.7 Å². The van der Waals surface area contributed by atoms with Gasteiger partial charge in [0.05, 0.1) is 26.3 Å². The van der Waals surface area contributed by atoms with Crippen LogP contribution in [0, 0.1) is 0 Å². The van der Waals surface area contributed by atoms with Gasteiger partial charge in [-0.3, -0.25) is 9.59 Å². The van der Waals surface area contributed by atoms with E-state index in [0.717, 1.165) is 22.8 Å². The zero-order valence-corrected chi connectivity index (χ0v) is 13.8. The number of nitrogens with one attached hydrogen (secondary N) is 2. The second-order valence-electron chi connectivity index (χ2n) is 5.48. The summed E-state index contributed by atoms with van der Waals surface area (Å²) in [7, 11) is 0. The van der Waals surface area contributed by atoms with Crippen molar-refractivity contribution in [3.8, 4) is 5.75 Å². The van der Waals surface area contributed by atoms with Crippen LogP contribution in [0.4, 0.5) is 0 Å². The fourth-order valence-corrected chi connectivity index (χ4v) is 2.86. The molecule has 23 heavy (non-hydrogen) atoms. The molecule has 0 aromatic heterocycles. The molecule has 2 rings (SSSR count). The number of para-hydroxylation sites is 1. The highest BCUT2D eigenvalue weighted by Gasteiger charge is 2.36. The van der Waals surface area contributed by atoms with Crippen molar-refractivity contribution >= 4 is 11.9 Å². The predicted octanol–water partition coefficient (Wildman–Crippen LogP) is -0.0782. The zero-order chi connectivity index (χ0) is 16.7. The molecular formula is C17H25N2O4+. The maximum absolute atomic E-state index is 12.2. The van der Waals surface area contributed by atoms with Crippen LogP contribution in [0.2, 0.25) is 0 Å². The summed E-state index contributed by atoms with van der Waals surface area (Å²) in [5, 5.41) is 2.84. The van der Waals surface area contributed by atoms with E-state index >= 15 is 0 Å². The van der Waals surface area contributed by atoms with E-state index in [2.05, 4.69) is 5.32 Å². The summed E-state index contributed by atoms with van der Waals surface area (Å²) in [5.41, 5.74) is 1.05. The normalized spacial score (nSPS) is 20.7. The van der Waals surface area contributed by atoms with Crippen LogP contribution < -0.4 is 15.0 Å². The van der Waals surface area contributed by atoms with Crippen LogP contribution in [0.1, 0.15) is 25.8 Å². The van der Waals surface area contributed by atoms with Crippen LogP contribution in [0.3, 0.4) is 0 Å². The van der Waals surface area contributed by atoms with Crippen molar-refractivity contribution in [3.63, 3.8) is 0 Å². The molecule has 2 N–H and O–H groups in total. The molecule has 126 valence electrons. The van der Waals surface area contributed by atoms with E-state index in [-0.39, 0.29) is 18.3 Å². The first-order valence-corrected chi connectivity index (χ1v) is 8.14. The maximum atomic E-state index is 12.2. The lowest BCUT2D eigenvalue weighted by atomic mass is 10.1. The number of carbonyl (C=O) groups excluding carboxylic acids is 2. The second-order valence-corrected chi connectivity index (χ2v) is 5.48. The number of carbonyl (C=O) groups is 2. The second kappa shape index (κ2) is 8.53. The summed E-state index contributed by atoms with van der Waals surface area (Å²) in [6.07, 6.45) is 0.103. The summed E-state index contributed by atoms with van der Waals surface area (Å²) in [6, 6.07) is 7.41. The molecular weight excluding hydrogens is 296 g/mol. The van der Waals surface area contributed by atoms with E-state index in [1.165, 1.54) is 0 Å². The largest absolute Gasteiger partial charge is 0.493 e. The Bertz CT molecular complexity index is 547. The summed E-state index contributed by atoms with van der Waals surface area (Å²) < 4.78 is 10.7. The van der Waals surface area contributed by atoms with E-state index in [9.17, 15) is 9.59 Å². The Morgan fingerprint density at radius 2 is 2.09 bits per heavy atom. The van der Waals surface area contributed by atoms with Gasteiger partial charge in [-0.15, -0.1) is 0 Å².